The zero-order valence-electron chi connectivity index (χ0n) is 23.3. The lowest BCUT2D eigenvalue weighted by atomic mass is 9.73. The summed E-state index contributed by atoms with van der Waals surface area (Å²) in [6, 6.07) is 14.5. The maximum Gasteiger partial charge on any atom is 0.251 e. The number of aliphatic hydroxyl groups excluding tert-OH is 1. The maximum absolute atomic E-state index is 13.6. The van der Waals surface area contributed by atoms with Gasteiger partial charge in [-0.3, -0.25) is 9.10 Å². The van der Waals surface area contributed by atoms with Crippen LogP contribution in [0.3, 0.4) is 0 Å². The zero-order valence-corrected chi connectivity index (χ0v) is 24.1. The Morgan fingerprint density at radius 3 is 2.49 bits per heavy atom. The minimum Gasteiger partial charge on any atom is -0.390 e. The molecule has 1 aliphatic heterocycles. The Hall–Kier alpha value is -2.62. The summed E-state index contributed by atoms with van der Waals surface area (Å²) in [5.74, 6) is -0.227. The number of carbonyl (C=O) groups excluding carboxylic acids is 1. The van der Waals surface area contributed by atoms with Gasteiger partial charge in [-0.15, -0.1) is 0 Å². The fourth-order valence-electron chi connectivity index (χ4n) is 5.73. The molecule has 2 aromatic carbocycles. The highest BCUT2D eigenvalue weighted by atomic mass is 32.2. The van der Waals surface area contributed by atoms with E-state index in [1.165, 1.54) is 10.7 Å². The Bertz CT molecular complexity index is 1200. The number of anilines is 2. The molecule has 2 atom stereocenters. The van der Waals surface area contributed by atoms with Crippen LogP contribution in [0.15, 0.2) is 48.5 Å². The average molecular weight is 557 g/mol. The first-order valence-corrected chi connectivity index (χ1v) is 16.0. The molecule has 1 amide bonds. The minimum absolute atomic E-state index is 0.0893. The highest BCUT2D eigenvalue weighted by molar-refractivity contribution is 7.92. The van der Waals surface area contributed by atoms with Crippen LogP contribution in [0, 0.1) is 0 Å². The van der Waals surface area contributed by atoms with Crippen LogP contribution in [-0.4, -0.2) is 62.5 Å². The third-order valence-electron chi connectivity index (χ3n) is 8.00. The van der Waals surface area contributed by atoms with Gasteiger partial charge in [0.15, 0.2) is 0 Å². The number of aliphatic hydroxyl groups is 1. The summed E-state index contributed by atoms with van der Waals surface area (Å²) in [7, 11) is -3.43. The second-order valence-electron chi connectivity index (χ2n) is 11.0. The minimum atomic E-state index is -3.43. The molecule has 1 saturated carbocycles. The summed E-state index contributed by atoms with van der Waals surface area (Å²) in [5.41, 5.74) is 2.66. The molecule has 39 heavy (non-hydrogen) atoms. The number of sulfonamides is 1. The lowest BCUT2D eigenvalue weighted by Gasteiger charge is -2.44. The van der Waals surface area contributed by atoms with E-state index in [1.807, 2.05) is 37.3 Å². The van der Waals surface area contributed by atoms with Crippen molar-refractivity contribution in [3.05, 3.63) is 59.7 Å². The number of hydrogen-bond donors (Lipinski definition) is 4. The number of hydrogen-bond acceptors (Lipinski definition) is 6. The van der Waals surface area contributed by atoms with Gasteiger partial charge in [0.1, 0.15) is 0 Å². The summed E-state index contributed by atoms with van der Waals surface area (Å²) in [6.45, 7) is 5.57. The van der Waals surface area contributed by atoms with E-state index in [9.17, 15) is 18.3 Å². The highest BCUT2D eigenvalue weighted by Crippen LogP contribution is 2.36. The monoisotopic (exact) mass is 556 g/mol. The van der Waals surface area contributed by atoms with E-state index < -0.39 is 22.2 Å². The first-order valence-electron chi connectivity index (χ1n) is 14.4. The van der Waals surface area contributed by atoms with Crippen molar-refractivity contribution >= 4 is 27.3 Å². The number of benzene rings is 2. The predicted octanol–water partition coefficient (Wildman–Crippen LogP) is 4.06. The molecule has 214 valence electrons. The summed E-state index contributed by atoms with van der Waals surface area (Å²) in [4.78, 5) is 13.6. The lowest BCUT2D eigenvalue weighted by Crippen LogP contribution is -2.56. The van der Waals surface area contributed by atoms with Crippen molar-refractivity contribution in [3.8, 4) is 0 Å². The van der Waals surface area contributed by atoms with Gasteiger partial charge in [0.05, 0.1) is 23.6 Å². The molecule has 2 fully saturated rings. The van der Waals surface area contributed by atoms with E-state index >= 15 is 0 Å². The number of nitrogens with one attached hydrogen (secondary N) is 3. The molecule has 9 heteroatoms. The molecule has 4 rings (SSSR count). The number of nitrogens with zero attached hydrogens (tertiary/aromatic N) is 1. The number of amides is 1. The molecule has 1 heterocycles. The van der Waals surface area contributed by atoms with Gasteiger partial charge < -0.3 is 21.1 Å². The van der Waals surface area contributed by atoms with Gasteiger partial charge in [0.2, 0.25) is 10.0 Å². The van der Waals surface area contributed by atoms with Crippen molar-refractivity contribution in [2.45, 2.75) is 82.9 Å². The number of β-amino-alcohol motifs (C(OH)–C–C–N with tert-alkyl or cyclic N) is 1. The van der Waals surface area contributed by atoms with E-state index in [0.717, 1.165) is 37.7 Å². The Morgan fingerprint density at radius 1 is 1.08 bits per heavy atom. The highest BCUT2D eigenvalue weighted by Gasteiger charge is 2.36. The van der Waals surface area contributed by atoms with Crippen molar-refractivity contribution in [2.24, 2.45) is 0 Å². The Balaban J connectivity index is 1.56. The summed E-state index contributed by atoms with van der Waals surface area (Å²) >= 11 is 0. The van der Waals surface area contributed by atoms with Crippen LogP contribution >= 0.6 is 0 Å². The average Bonchev–Trinajstić information content (AvgIpc) is 2.90. The second kappa shape index (κ2) is 13.2. The van der Waals surface area contributed by atoms with Crippen LogP contribution in [0.1, 0.15) is 74.7 Å². The Morgan fingerprint density at radius 2 is 1.85 bits per heavy atom. The molecule has 0 unspecified atom stereocenters. The predicted molar refractivity (Wildman–Crippen MR) is 158 cm³/mol. The number of rotatable bonds is 13. The molecule has 2 aliphatic rings. The molecule has 4 N–H and O–H groups in total. The normalized spacial score (nSPS) is 19.5. The summed E-state index contributed by atoms with van der Waals surface area (Å²) in [5, 5.41) is 21.2. The molecule has 2 aromatic rings. The van der Waals surface area contributed by atoms with Gasteiger partial charge in [0.25, 0.3) is 5.91 Å². The SMILES string of the molecule is CCCC1(NC[C@@H](O)[C@H](Cc2ccccc2)NC(=O)c2cc(NCC)cc(N3CCCCS3(=O)=O)c2)CCC1. The van der Waals surface area contributed by atoms with Crippen molar-refractivity contribution in [1.29, 1.82) is 0 Å². The fraction of sp³-hybridized carbons (Fsp3) is 0.567. The van der Waals surface area contributed by atoms with Crippen LogP contribution in [0.4, 0.5) is 11.4 Å². The van der Waals surface area contributed by atoms with E-state index in [1.54, 1.807) is 18.2 Å². The van der Waals surface area contributed by atoms with Gasteiger partial charge in [-0.1, -0.05) is 43.7 Å². The molecule has 0 aromatic heterocycles. The van der Waals surface area contributed by atoms with Crippen LogP contribution in [0.5, 0.6) is 0 Å². The Kier molecular flexibility index (Phi) is 9.91. The van der Waals surface area contributed by atoms with Crippen molar-refractivity contribution in [1.82, 2.24) is 10.6 Å². The van der Waals surface area contributed by atoms with Crippen LogP contribution in [-0.2, 0) is 16.4 Å². The van der Waals surface area contributed by atoms with Crippen molar-refractivity contribution in [3.63, 3.8) is 0 Å². The largest absolute Gasteiger partial charge is 0.390 e. The van der Waals surface area contributed by atoms with Crippen molar-refractivity contribution < 1.29 is 18.3 Å². The standard InChI is InChI=1S/C30H44N4O4S/c1-3-13-30(14-10-15-30)32-22-28(35)27(18-23-11-6-5-7-12-23)33-29(36)24-19-25(31-4-2)21-26(20-24)34-16-8-9-17-39(34,37)38/h5-7,11-12,19-21,27-28,31-32,35H,3-4,8-10,13-18,22H2,1-2H3,(H,33,36)/t27-,28+/m0/s1. The molecular formula is C30H44N4O4S. The molecule has 1 aliphatic carbocycles. The Labute approximate surface area is 233 Å². The summed E-state index contributed by atoms with van der Waals surface area (Å²) < 4.78 is 27.0. The first-order chi connectivity index (χ1) is 18.7. The van der Waals surface area contributed by atoms with Gasteiger partial charge in [0, 0.05) is 36.4 Å². The molecule has 0 bridgehead atoms. The van der Waals surface area contributed by atoms with Crippen LogP contribution in [0.2, 0.25) is 0 Å². The molecular weight excluding hydrogens is 512 g/mol. The van der Waals surface area contributed by atoms with E-state index in [2.05, 4.69) is 22.9 Å². The van der Waals surface area contributed by atoms with Gasteiger partial charge in [-0.2, -0.15) is 0 Å². The fourth-order valence-corrected chi connectivity index (χ4v) is 7.36. The van der Waals surface area contributed by atoms with E-state index in [4.69, 9.17) is 0 Å². The third-order valence-corrected chi connectivity index (χ3v) is 9.87. The van der Waals surface area contributed by atoms with Gasteiger partial charge in [-0.05, 0) is 75.6 Å². The molecule has 0 radical (unpaired) electrons. The third kappa shape index (κ3) is 7.52. The van der Waals surface area contributed by atoms with E-state index in [-0.39, 0.29) is 17.2 Å². The first kappa shape index (κ1) is 29.4. The number of carbonyl (C=O) groups is 1. The van der Waals surface area contributed by atoms with Crippen LogP contribution < -0.4 is 20.3 Å². The van der Waals surface area contributed by atoms with E-state index in [0.29, 0.717) is 49.4 Å². The molecule has 8 nitrogen and oxygen atoms in total. The zero-order chi connectivity index (χ0) is 27.9. The topological polar surface area (TPSA) is 111 Å². The van der Waals surface area contributed by atoms with Gasteiger partial charge >= 0.3 is 0 Å². The second-order valence-corrected chi connectivity index (χ2v) is 13.0. The van der Waals surface area contributed by atoms with Crippen molar-refractivity contribution in [2.75, 3.05) is 35.0 Å². The van der Waals surface area contributed by atoms with Gasteiger partial charge in [-0.25, -0.2) is 8.42 Å². The molecule has 1 saturated heterocycles. The summed E-state index contributed by atoms with van der Waals surface area (Å²) in [6.07, 6.45) is 6.71. The smallest absolute Gasteiger partial charge is 0.251 e. The quantitative estimate of drug-likeness (QED) is 0.296. The maximum atomic E-state index is 13.6. The van der Waals surface area contributed by atoms with Crippen LogP contribution in [0.25, 0.3) is 0 Å². The lowest BCUT2D eigenvalue weighted by molar-refractivity contribution is 0.0746. The molecule has 0 spiro atoms.